The molecule has 1 amide bonds. The Morgan fingerprint density at radius 2 is 1.93 bits per heavy atom. The topological polar surface area (TPSA) is 66.4 Å². The van der Waals surface area contributed by atoms with E-state index in [2.05, 4.69) is 5.32 Å². The van der Waals surface area contributed by atoms with Gasteiger partial charge in [-0.15, -0.1) is 0 Å². The Morgan fingerprint density at radius 1 is 1.36 bits per heavy atom. The van der Waals surface area contributed by atoms with Crippen molar-refractivity contribution in [3.8, 4) is 0 Å². The van der Waals surface area contributed by atoms with Crippen LogP contribution in [-0.4, -0.2) is 34.0 Å². The van der Waals surface area contributed by atoms with Gasteiger partial charge < -0.3 is 10.4 Å². The minimum atomic E-state index is -0.825. The number of carbonyl (C=O) groups excluding carboxylic acids is 1. The Bertz CT molecular complexity index is 211. The summed E-state index contributed by atoms with van der Waals surface area (Å²) in [6, 6.07) is 0. The van der Waals surface area contributed by atoms with Crippen LogP contribution in [0.5, 0.6) is 0 Å². The largest absolute Gasteiger partial charge is 0.481 e. The summed E-state index contributed by atoms with van der Waals surface area (Å²) in [4.78, 5) is 21.4. The molecule has 14 heavy (non-hydrogen) atoms. The van der Waals surface area contributed by atoms with Gasteiger partial charge in [-0.05, 0) is 20.8 Å². The molecule has 0 aromatic rings. The molecule has 0 atom stereocenters. The molecule has 0 saturated carbocycles. The second kappa shape index (κ2) is 5.90. The molecular formula is C9H17NO3S. The fraction of sp³-hybridized carbons (Fsp3) is 0.778. The first-order chi connectivity index (χ1) is 6.31. The van der Waals surface area contributed by atoms with Gasteiger partial charge in [0.05, 0.1) is 12.2 Å². The van der Waals surface area contributed by atoms with E-state index in [1.54, 1.807) is 0 Å². The third-order valence-electron chi connectivity index (χ3n) is 1.21. The Balaban J connectivity index is 3.50. The fourth-order valence-electron chi connectivity index (χ4n) is 0.779. The predicted molar refractivity (Wildman–Crippen MR) is 57.5 cm³/mol. The minimum absolute atomic E-state index is 0.0483. The zero-order valence-corrected chi connectivity index (χ0v) is 9.61. The van der Waals surface area contributed by atoms with E-state index in [1.807, 2.05) is 20.8 Å². The summed E-state index contributed by atoms with van der Waals surface area (Å²) in [6.45, 7) is 5.73. The molecule has 0 aromatic heterocycles. The number of carboxylic acids is 1. The molecule has 0 unspecified atom stereocenters. The van der Waals surface area contributed by atoms with E-state index in [4.69, 9.17) is 5.11 Å². The monoisotopic (exact) mass is 219 g/mol. The van der Waals surface area contributed by atoms with Crippen LogP contribution in [-0.2, 0) is 9.59 Å². The van der Waals surface area contributed by atoms with Gasteiger partial charge in [0.1, 0.15) is 0 Å². The molecule has 0 aliphatic rings. The summed E-state index contributed by atoms with van der Waals surface area (Å²) in [5.41, 5.74) is -0.218. The molecule has 0 bridgehead atoms. The lowest BCUT2D eigenvalue weighted by Crippen LogP contribution is -2.41. The first kappa shape index (κ1) is 13.3. The van der Waals surface area contributed by atoms with Gasteiger partial charge in [-0.25, -0.2) is 0 Å². The Morgan fingerprint density at radius 3 is 2.36 bits per heavy atom. The molecular weight excluding hydrogens is 202 g/mol. The van der Waals surface area contributed by atoms with Crippen molar-refractivity contribution in [2.45, 2.75) is 32.7 Å². The van der Waals surface area contributed by atoms with Gasteiger partial charge in [0, 0.05) is 11.3 Å². The Hall–Kier alpha value is -0.710. The van der Waals surface area contributed by atoms with Gasteiger partial charge in [-0.1, -0.05) is 0 Å². The number of thioether (sulfide) groups is 1. The van der Waals surface area contributed by atoms with E-state index in [9.17, 15) is 9.59 Å². The van der Waals surface area contributed by atoms with E-state index in [1.165, 1.54) is 11.8 Å². The van der Waals surface area contributed by atoms with Crippen LogP contribution in [0.2, 0.25) is 0 Å². The van der Waals surface area contributed by atoms with Gasteiger partial charge in [-0.2, -0.15) is 11.8 Å². The SMILES string of the molecule is CC(C)(C)NC(=O)CSCCC(=O)O. The normalized spacial score (nSPS) is 11.1. The Kier molecular flexibility index (Phi) is 5.60. The zero-order valence-electron chi connectivity index (χ0n) is 8.79. The van der Waals surface area contributed by atoms with Crippen molar-refractivity contribution in [1.29, 1.82) is 0 Å². The van der Waals surface area contributed by atoms with Crippen molar-refractivity contribution in [2.75, 3.05) is 11.5 Å². The van der Waals surface area contributed by atoms with Crippen LogP contribution in [0.4, 0.5) is 0 Å². The lowest BCUT2D eigenvalue weighted by Gasteiger charge is -2.20. The number of carboxylic acid groups (broad SMARTS) is 1. The third kappa shape index (κ3) is 9.38. The molecule has 2 N–H and O–H groups in total. The van der Waals surface area contributed by atoms with Crippen LogP contribution in [0.15, 0.2) is 0 Å². The predicted octanol–water partition coefficient (Wildman–Crippen LogP) is 1.11. The number of amides is 1. The molecule has 0 radical (unpaired) electrons. The highest BCUT2D eigenvalue weighted by atomic mass is 32.2. The lowest BCUT2D eigenvalue weighted by molar-refractivity contribution is -0.136. The second-order valence-corrected chi connectivity index (χ2v) is 5.10. The van der Waals surface area contributed by atoms with Gasteiger partial charge in [-0.3, -0.25) is 9.59 Å². The number of carbonyl (C=O) groups is 2. The second-order valence-electron chi connectivity index (χ2n) is 3.99. The van der Waals surface area contributed by atoms with Crippen molar-refractivity contribution < 1.29 is 14.7 Å². The van der Waals surface area contributed by atoms with E-state index in [0.29, 0.717) is 11.5 Å². The van der Waals surface area contributed by atoms with Crippen LogP contribution in [0, 0.1) is 0 Å². The highest BCUT2D eigenvalue weighted by Gasteiger charge is 2.13. The van der Waals surface area contributed by atoms with Crippen molar-refractivity contribution in [1.82, 2.24) is 5.32 Å². The van der Waals surface area contributed by atoms with Crippen LogP contribution in [0.25, 0.3) is 0 Å². The molecule has 0 aliphatic carbocycles. The van der Waals surface area contributed by atoms with Gasteiger partial charge in [0.25, 0.3) is 0 Å². The molecule has 82 valence electrons. The average Bonchev–Trinajstić information content (AvgIpc) is 1.94. The first-order valence-electron chi connectivity index (χ1n) is 4.42. The maximum absolute atomic E-state index is 11.2. The maximum atomic E-state index is 11.2. The summed E-state index contributed by atoms with van der Waals surface area (Å²) < 4.78 is 0. The molecule has 4 nitrogen and oxygen atoms in total. The number of rotatable bonds is 5. The molecule has 0 saturated heterocycles. The van der Waals surface area contributed by atoms with E-state index in [0.717, 1.165) is 0 Å². The van der Waals surface area contributed by atoms with E-state index < -0.39 is 5.97 Å². The molecule has 0 rings (SSSR count). The van der Waals surface area contributed by atoms with Gasteiger partial charge in [0.2, 0.25) is 5.91 Å². The summed E-state index contributed by atoms with van der Waals surface area (Å²) in [5.74, 6) is -0.0705. The lowest BCUT2D eigenvalue weighted by atomic mass is 10.1. The van der Waals surface area contributed by atoms with Crippen LogP contribution in [0.1, 0.15) is 27.2 Å². The number of hydrogen-bond donors (Lipinski definition) is 2. The number of aliphatic carboxylic acids is 1. The summed E-state index contributed by atoms with van der Waals surface area (Å²) >= 11 is 1.34. The summed E-state index contributed by atoms with van der Waals surface area (Å²) in [5, 5.41) is 11.2. The van der Waals surface area contributed by atoms with E-state index in [-0.39, 0.29) is 17.9 Å². The van der Waals surface area contributed by atoms with Crippen LogP contribution < -0.4 is 5.32 Å². The smallest absolute Gasteiger partial charge is 0.304 e. The standard InChI is InChI=1S/C9H17NO3S/c1-9(2,3)10-7(11)6-14-5-4-8(12)13/h4-6H2,1-3H3,(H,10,11)(H,12,13). The average molecular weight is 219 g/mol. The highest BCUT2D eigenvalue weighted by Crippen LogP contribution is 2.04. The molecule has 5 heteroatoms. The highest BCUT2D eigenvalue weighted by molar-refractivity contribution is 7.99. The maximum Gasteiger partial charge on any atom is 0.304 e. The quantitative estimate of drug-likeness (QED) is 0.680. The van der Waals surface area contributed by atoms with Crippen LogP contribution in [0.3, 0.4) is 0 Å². The van der Waals surface area contributed by atoms with Crippen molar-refractivity contribution in [3.63, 3.8) is 0 Å². The number of hydrogen-bond acceptors (Lipinski definition) is 3. The first-order valence-corrected chi connectivity index (χ1v) is 5.57. The van der Waals surface area contributed by atoms with Crippen LogP contribution >= 0.6 is 11.8 Å². The Labute approximate surface area is 88.4 Å². The van der Waals surface area contributed by atoms with E-state index >= 15 is 0 Å². The minimum Gasteiger partial charge on any atom is -0.481 e. The van der Waals surface area contributed by atoms with Gasteiger partial charge >= 0.3 is 5.97 Å². The third-order valence-corrected chi connectivity index (χ3v) is 2.17. The summed E-state index contributed by atoms with van der Waals surface area (Å²) in [6.07, 6.45) is 0.105. The molecule has 0 fully saturated rings. The van der Waals surface area contributed by atoms with Gasteiger partial charge in [0.15, 0.2) is 0 Å². The molecule has 0 aliphatic heterocycles. The number of nitrogens with one attached hydrogen (secondary N) is 1. The van der Waals surface area contributed by atoms with Crippen molar-refractivity contribution >= 4 is 23.6 Å². The summed E-state index contributed by atoms with van der Waals surface area (Å²) in [7, 11) is 0. The molecule has 0 aromatic carbocycles. The fourth-order valence-corrected chi connectivity index (χ4v) is 1.50. The molecule has 0 heterocycles. The zero-order chi connectivity index (χ0) is 11.2. The van der Waals surface area contributed by atoms with Crippen molar-refractivity contribution in [2.24, 2.45) is 0 Å². The van der Waals surface area contributed by atoms with Crippen molar-refractivity contribution in [3.05, 3.63) is 0 Å². The molecule has 0 spiro atoms.